The quantitative estimate of drug-likeness (QED) is 0.257. The minimum Gasteiger partial charge on any atom is -0.483 e. The monoisotopic (exact) mass is 558 g/mol. The van der Waals surface area contributed by atoms with Crippen molar-refractivity contribution in [2.75, 3.05) is 13.2 Å². The number of carbonyl (C=O) groups is 2. The number of rotatable bonds is 10. The number of nitrogens with zero attached hydrogens (tertiary/aromatic N) is 1. The number of benzene rings is 4. The standard InChI is InChI=1S/C31H31BrN2O3/c1-3-33-31(36)27(19-23-9-5-4-6-10-23)34(20-24-15-13-22(2)14-16-24)29(35)21-37-28-18-17-25-11-7-8-12-26(25)30(28)32/h4-18,27H,3,19-21H2,1-2H3,(H,33,36)/t27-/m1/s1. The minimum absolute atomic E-state index is 0.182. The summed E-state index contributed by atoms with van der Waals surface area (Å²) in [6, 6.07) is 28.9. The summed E-state index contributed by atoms with van der Waals surface area (Å²) in [6.07, 6.45) is 0.407. The van der Waals surface area contributed by atoms with Crippen molar-refractivity contribution in [3.05, 3.63) is 112 Å². The van der Waals surface area contributed by atoms with Crippen molar-refractivity contribution in [1.29, 1.82) is 0 Å². The predicted octanol–water partition coefficient (Wildman–Crippen LogP) is 6.07. The Balaban J connectivity index is 1.62. The number of likely N-dealkylation sites (N-methyl/N-ethyl adjacent to an activating group) is 1. The summed E-state index contributed by atoms with van der Waals surface area (Å²) in [4.78, 5) is 28.6. The Bertz CT molecular complexity index is 1360. The van der Waals surface area contributed by atoms with Gasteiger partial charge in [-0.15, -0.1) is 0 Å². The van der Waals surface area contributed by atoms with Crippen molar-refractivity contribution in [3.63, 3.8) is 0 Å². The Morgan fingerprint density at radius 1 is 0.892 bits per heavy atom. The molecule has 0 saturated heterocycles. The van der Waals surface area contributed by atoms with Gasteiger partial charge in [0.25, 0.3) is 5.91 Å². The van der Waals surface area contributed by atoms with Gasteiger partial charge in [-0.05, 0) is 57.7 Å². The van der Waals surface area contributed by atoms with Gasteiger partial charge in [-0.1, -0.05) is 90.5 Å². The highest BCUT2D eigenvalue weighted by atomic mass is 79.9. The molecule has 0 aliphatic heterocycles. The highest BCUT2D eigenvalue weighted by molar-refractivity contribution is 9.10. The van der Waals surface area contributed by atoms with E-state index in [1.165, 1.54) is 0 Å². The molecule has 0 aliphatic rings. The molecule has 1 N–H and O–H groups in total. The first-order valence-electron chi connectivity index (χ1n) is 12.4. The number of amides is 2. The van der Waals surface area contributed by atoms with Gasteiger partial charge < -0.3 is 15.0 Å². The van der Waals surface area contributed by atoms with E-state index in [0.29, 0.717) is 25.3 Å². The molecule has 0 saturated carbocycles. The van der Waals surface area contributed by atoms with Gasteiger partial charge in [-0.3, -0.25) is 9.59 Å². The van der Waals surface area contributed by atoms with Crippen LogP contribution in [0.2, 0.25) is 0 Å². The first-order chi connectivity index (χ1) is 18.0. The largest absolute Gasteiger partial charge is 0.483 e. The molecule has 1 atom stereocenters. The summed E-state index contributed by atoms with van der Waals surface area (Å²) in [5.74, 6) is 0.145. The lowest BCUT2D eigenvalue weighted by atomic mass is 10.0. The Morgan fingerprint density at radius 3 is 2.32 bits per heavy atom. The summed E-state index contributed by atoms with van der Waals surface area (Å²) in [6.45, 7) is 4.50. The normalized spacial score (nSPS) is 11.6. The Labute approximate surface area is 226 Å². The number of aryl methyl sites for hydroxylation is 1. The summed E-state index contributed by atoms with van der Waals surface area (Å²) in [5, 5.41) is 5.00. The zero-order chi connectivity index (χ0) is 26.2. The molecule has 4 aromatic rings. The molecule has 0 radical (unpaired) electrons. The second kappa shape index (κ2) is 12.5. The van der Waals surface area contributed by atoms with E-state index in [1.807, 2.05) is 105 Å². The summed E-state index contributed by atoms with van der Waals surface area (Å²) in [5.41, 5.74) is 3.07. The molecule has 0 aliphatic carbocycles. The highest BCUT2D eigenvalue weighted by Gasteiger charge is 2.30. The van der Waals surface area contributed by atoms with Crippen molar-refractivity contribution in [2.45, 2.75) is 32.9 Å². The van der Waals surface area contributed by atoms with Crippen molar-refractivity contribution in [2.24, 2.45) is 0 Å². The average Bonchev–Trinajstić information content (AvgIpc) is 2.92. The number of fused-ring (bicyclic) bond motifs is 1. The fourth-order valence-corrected chi connectivity index (χ4v) is 4.89. The van der Waals surface area contributed by atoms with Crippen LogP contribution in [-0.2, 0) is 22.6 Å². The lowest BCUT2D eigenvalue weighted by Gasteiger charge is -2.31. The number of halogens is 1. The molecule has 5 nitrogen and oxygen atoms in total. The minimum atomic E-state index is -0.681. The summed E-state index contributed by atoms with van der Waals surface area (Å²) < 4.78 is 6.81. The van der Waals surface area contributed by atoms with E-state index in [2.05, 4.69) is 21.2 Å². The number of hydrogen-bond donors (Lipinski definition) is 1. The van der Waals surface area contributed by atoms with Crippen LogP contribution in [0.25, 0.3) is 10.8 Å². The van der Waals surface area contributed by atoms with Crippen LogP contribution >= 0.6 is 15.9 Å². The van der Waals surface area contributed by atoms with Crippen molar-refractivity contribution in [3.8, 4) is 5.75 Å². The van der Waals surface area contributed by atoms with Crippen LogP contribution in [0.5, 0.6) is 5.75 Å². The molecule has 4 rings (SSSR count). The molecular weight excluding hydrogens is 528 g/mol. The second-order valence-electron chi connectivity index (χ2n) is 8.99. The zero-order valence-electron chi connectivity index (χ0n) is 21.1. The van der Waals surface area contributed by atoms with Gasteiger partial charge in [0.05, 0.1) is 4.47 Å². The Kier molecular flexibility index (Phi) is 8.96. The van der Waals surface area contributed by atoms with Gasteiger partial charge in [0.1, 0.15) is 11.8 Å². The molecule has 0 aromatic heterocycles. The topological polar surface area (TPSA) is 58.6 Å². The molecule has 6 heteroatoms. The van der Waals surface area contributed by atoms with E-state index in [4.69, 9.17) is 4.74 Å². The lowest BCUT2D eigenvalue weighted by molar-refractivity contribution is -0.142. The third-order valence-corrected chi connectivity index (χ3v) is 7.09. The van der Waals surface area contributed by atoms with Crippen LogP contribution in [0, 0.1) is 6.92 Å². The van der Waals surface area contributed by atoms with Crippen molar-refractivity contribution >= 4 is 38.5 Å². The lowest BCUT2D eigenvalue weighted by Crippen LogP contribution is -2.51. The van der Waals surface area contributed by atoms with Gasteiger partial charge in [-0.25, -0.2) is 0 Å². The van der Waals surface area contributed by atoms with Crippen molar-refractivity contribution < 1.29 is 14.3 Å². The fraction of sp³-hybridized carbons (Fsp3) is 0.226. The van der Waals surface area contributed by atoms with Gasteiger partial charge in [0.15, 0.2) is 6.61 Å². The van der Waals surface area contributed by atoms with Crippen LogP contribution < -0.4 is 10.1 Å². The van der Waals surface area contributed by atoms with E-state index in [9.17, 15) is 9.59 Å². The maximum atomic E-state index is 13.7. The van der Waals surface area contributed by atoms with Crippen molar-refractivity contribution in [1.82, 2.24) is 10.2 Å². The predicted molar refractivity (Wildman–Crippen MR) is 151 cm³/mol. The maximum Gasteiger partial charge on any atom is 0.261 e. The number of carbonyl (C=O) groups excluding carboxylic acids is 2. The maximum absolute atomic E-state index is 13.7. The van der Waals surface area contributed by atoms with E-state index in [1.54, 1.807) is 4.90 Å². The molecule has 0 spiro atoms. The molecular formula is C31H31BrN2O3. The fourth-order valence-electron chi connectivity index (χ4n) is 4.28. The molecule has 0 unspecified atom stereocenters. The summed E-state index contributed by atoms with van der Waals surface area (Å²) in [7, 11) is 0. The molecule has 2 amide bonds. The average molecular weight is 560 g/mol. The number of hydrogen-bond acceptors (Lipinski definition) is 3. The van der Waals surface area contributed by atoms with Crippen LogP contribution in [0.4, 0.5) is 0 Å². The highest BCUT2D eigenvalue weighted by Crippen LogP contribution is 2.33. The molecule has 190 valence electrons. The van der Waals surface area contributed by atoms with E-state index < -0.39 is 6.04 Å². The molecule has 0 heterocycles. The van der Waals surface area contributed by atoms with Crippen LogP contribution in [0.15, 0.2) is 95.5 Å². The first-order valence-corrected chi connectivity index (χ1v) is 13.2. The van der Waals surface area contributed by atoms with Gasteiger partial charge >= 0.3 is 0 Å². The summed E-state index contributed by atoms with van der Waals surface area (Å²) >= 11 is 3.63. The third kappa shape index (κ3) is 6.77. The first kappa shape index (κ1) is 26.4. The number of ether oxygens (including phenoxy) is 1. The third-order valence-electron chi connectivity index (χ3n) is 6.27. The molecule has 4 aromatic carbocycles. The van der Waals surface area contributed by atoms with E-state index in [-0.39, 0.29) is 18.4 Å². The second-order valence-corrected chi connectivity index (χ2v) is 9.79. The van der Waals surface area contributed by atoms with Gasteiger partial charge in [-0.2, -0.15) is 0 Å². The van der Waals surface area contributed by atoms with Crippen LogP contribution in [-0.4, -0.2) is 35.9 Å². The van der Waals surface area contributed by atoms with E-state index in [0.717, 1.165) is 31.9 Å². The van der Waals surface area contributed by atoms with Crippen LogP contribution in [0.1, 0.15) is 23.6 Å². The SMILES string of the molecule is CCNC(=O)[C@@H](Cc1ccccc1)N(Cc1ccc(C)cc1)C(=O)COc1ccc2ccccc2c1Br. The van der Waals surface area contributed by atoms with Gasteiger partial charge in [0, 0.05) is 19.5 Å². The van der Waals surface area contributed by atoms with Gasteiger partial charge in [0.2, 0.25) is 5.91 Å². The zero-order valence-corrected chi connectivity index (χ0v) is 22.7. The molecule has 0 fully saturated rings. The van der Waals surface area contributed by atoms with Crippen LogP contribution in [0.3, 0.4) is 0 Å². The smallest absolute Gasteiger partial charge is 0.261 e. The number of nitrogens with one attached hydrogen (secondary N) is 1. The Hall–Kier alpha value is -3.64. The molecule has 37 heavy (non-hydrogen) atoms. The molecule has 0 bridgehead atoms. The van der Waals surface area contributed by atoms with E-state index >= 15 is 0 Å². The Morgan fingerprint density at radius 2 is 1.59 bits per heavy atom.